The van der Waals surface area contributed by atoms with Gasteiger partial charge in [-0.2, -0.15) is 0 Å². The predicted octanol–water partition coefficient (Wildman–Crippen LogP) is 3.85. The van der Waals surface area contributed by atoms with Gasteiger partial charge in [-0.25, -0.2) is 4.79 Å². The van der Waals surface area contributed by atoms with Crippen molar-refractivity contribution < 1.29 is 23.6 Å². The number of halogens is 1. The summed E-state index contributed by atoms with van der Waals surface area (Å²) in [4.78, 5) is 24.1. The lowest BCUT2D eigenvalue weighted by Crippen LogP contribution is -2.17. The molecule has 1 heterocycles. The van der Waals surface area contributed by atoms with Crippen molar-refractivity contribution in [1.29, 1.82) is 0 Å². The Hall–Kier alpha value is -3.12. The smallest absolute Gasteiger partial charge is 0.349 e. The quantitative estimate of drug-likeness (QED) is 0.372. The molecule has 7 heteroatoms. The fourth-order valence-corrected chi connectivity index (χ4v) is 2.27. The molecule has 0 amide bonds. The van der Waals surface area contributed by atoms with Gasteiger partial charge in [-0.05, 0) is 60.6 Å². The van der Waals surface area contributed by atoms with Crippen molar-refractivity contribution in [1.82, 2.24) is 5.16 Å². The summed E-state index contributed by atoms with van der Waals surface area (Å²) in [6.07, 6.45) is 0. The number of ether oxygens (including phenoxy) is 2. The van der Waals surface area contributed by atoms with Crippen molar-refractivity contribution in [3.05, 3.63) is 76.5 Å². The van der Waals surface area contributed by atoms with E-state index in [1.165, 1.54) is 0 Å². The van der Waals surface area contributed by atoms with Gasteiger partial charge in [-0.1, -0.05) is 11.6 Å². The first-order chi connectivity index (χ1) is 12.5. The molecule has 6 nitrogen and oxygen atoms in total. The highest BCUT2D eigenvalue weighted by atomic mass is 35.5. The molecule has 0 bridgehead atoms. The average molecular weight is 372 g/mol. The van der Waals surface area contributed by atoms with Crippen molar-refractivity contribution in [3.63, 3.8) is 0 Å². The van der Waals surface area contributed by atoms with Crippen molar-refractivity contribution in [2.75, 3.05) is 6.61 Å². The summed E-state index contributed by atoms with van der Waals surface area (Å²) in [7, 11) is 0. The molecule has 3 rings (SSSR count). The van der Waals surface area contributed by atoms with Crippen LogP contribution in [0.5, 0.6) is 11.6 Å². The summed E-state index contributed by atoms with van der Waals surface area (Å²) < 4.78 is 15.1. The van der Waals surface area contributed by atoms with Crippen molar-refractivity contribution >= 4 is 23.4 Å². The first-order valence-electron chi connectivity index (χ1n) is 7.68. The summed E-state index contributed by atoms with van der Waals surface area (Å²) in [5.41, 5.74) is 0.997. The maximum atomic E-state index is 12.4. The van der Waals surface area contributed by atoms with E-state index in [2.05, 4.69) is 5.16 Å². The van der Waals surface area contributed by atoms with Gasteiger partial charge < -0.3 is 14.0 Å². The monoisotopic (exact) mass is 371 g/mol. The number of aryl methyl sites for hydroxylation is 1. The Morgan fingerprint density at radius 1 is 1.04 bits per heavy atom. The van der Waals surface area contributed by atoms with E-state index in [4.69, 9.17) is 25.6 Å². The Balaban J connectivity index is 1.57. The third kappa shape index (κ3) is 4.49. The summed E-state index contributed by atoms with van der Waals surface area (Å²) >= 11 is 5.82. The number of ketones is 1. The summed E-state index contributed by atoms with van der Waals surface area (Å²) in [6.45, 7) is 1.41. The van der Waals surface area contributed by atoms with Crippen LogP contribution in [-0.2, 0) is 4.79 Å². The molecule has 0 saturated heterocycles. The van der Waals surface area contributed by atoms with Gasteiger partial charge in [0.05, 0.1) is 0 Å². The van der Waals surface area contributed by atoms with E-state index in [0.29, 0.717) is 27.7 Å². The number of carbonyl (C=O) groups excluding carboxylic acids is 2. The first kappa shape index (κ1) is 17.7. The minimum atomic E-state index is -0.595. The molecule has 0 radical (unpaired) electrons. The van der Waals surface area contributed by atoms with Crippen LogP contribution in [0.3, 0.4) is 0 Å². The zero-order valence-corrected chi connectivity index (χ0v) is 14.5. The molecular weight excluding hydrogens is 358 g/mol. The number of carbonyl (C=O) groups is 2. The number of hydrogen-bond donors (Lipinski definition) is 0. The van der Waals surface area contributed by atoms with E-state index in [1.54, 1.807) is 61.5 Å². The van der Waals surface area contributed by atoms with Gasteiger partial charge in [-0.3, -0.25) is 4.79 Å². The van der Waals surface area contributed by atoms with Crippen LogP contribution in [0.25, 0.3) is 0 Å². The fourth-order valence-electron chi connectivity index (χ4n) is 2.15. The highest BCUT2D eigenvalue weighted by Gasteiger charge is 2.11. The molecule has 26 heavy (non-hydrogen) atoms. The largest absolute Gasteiger partial charge is 0.463 e. The standard InChI is InChI=1S/C19H14ClNO5/c1-12-10-17(21-26-12)24-11-18(22)25-16-8-4-14(5-9-16)19(23)13-2-6-15(20)7-3-13/h2-10H,11H2,1H3. The van der Waals surface area contributed by atoms with Crippen LogP contribution in [-0.4, -0.2) is 23.5 Å². The minimum absolute atomic E-state index is 0.149. The van der Waals surface area contributed by atoms with Crippen molar-refractivity contribution in [2.24, 2.45) is 0 Å². The van der Waals surface area contributed by atoms with E-state index >= 15 is 0 Å². The molecule has 0 atom stereocenters. The van der Waals surface area contributed by atoms with Crippen molar-refractivity contribution in [2.45, 2.75) is 6.92 Å². The van der Waals surface area contributed by atoms with E-state index < -0.39 is 5.97 Å². The highest BCUT2D eigenvalue weighted by molar-refractivity contribution is 6.30. The van der Waals surface area contributed by atoms with Gasteiger partial charge in [0.15, 0.2) is 12.4 Å². The van der Waals surface area contributed by atoms with Gasteiger partial charge in [0.2, 0.25) is 0 Å². The molecule has 0 saturated carbocycles. The summed E-state index contributed by atoms with van der Waals surface area (Å²) in [5, 5.41) is 4.17. The Morgan fingerprint density at radius 3 is 2.23 bits per heavy atom. The topological polar surface area (TPSA) is 78.6 Å². The second kappa shape index (κ2) is 7.84. The van der Waals surface area contributed by atoms with Crippen LogP contribution in [0.4, 0.5) is 0 Å². The Bertz CT molecular complexity index is 916. The van der Waals surface area contributed by atoms with Gasteiger partial charge in [0, 0.05) is 22.2 Å². The van der Waals surface area contributed by atoms with Gasteiger partial charge in [-0.15, -0.1) is 0 Å². The van der Waals surface area contributed by atoms with Crippen LogP contribution in [0, 0.1) is 6.92 Å². The van der Waals surface area contributed by atoms with Gasteiger partial charge >= 0.3 is 5.97 Å². The zero-order chi connectivity index (χ0) is 18.5. The van der Waals surface area contributed by atoms with E-state index in [-0.39, 0.29) is 18.3 Å². The van der Waals surface area contributed by atoms with Gasteiger partial charge in [0.1, 0.15) is 11.5 Å². The van der Waals surface area contributed by atoms with Crippen LogP contribution < -0.4 is 9.47 Å². The Labute approximate surface area is 154 Å². The molecule has 1 aromatic heterocycles. The first-order valence-corrected chi connectivity index (χ1v) is 8.06. The highest BCUT2D eigenvalue weighted by Crippen LogP contribution is 2.17. The Kier molecular flexibility index (Phi) is 5.34. The maximum Gasteiger partial charge on any atom is 0.349 e. The normalized spacial score (nSPS) is 10.4. The number of aromatic nitrogens is 1. The minimum Gasteiger partial charge on any atom is -0.463 e. The molecular formula is C19H14ClNO5. The molecule has 0 aliphatic heterocycles. The molecule has 0 aliphatic rings. The number of benzene rings is 2. The maximum absolute atomic E-state index is 12.4. The van der Waals surface area contributed by atoms with E-state index in [1.807, 2.05) is 0 Å². The third-order valence-corrected chi connectivity index (χ3v) is 3.65. The molecule has 0 aliphatic carbocycles. The lowest BCUT2D eigenvalue weighted by molar-refractivity contribution is -0.136. The number of nitrogens with zero attached hydrogens (tertiary/aromatic N) is 1. The Morgan fingerprint density at radius 2 is 1.65 bits per heavy atom. The third-order valence-electron chi connectivity index (χ3n) is 3.40. The fraction of sp³-hybridized carbons (Fsp3) is 0.105. The zero-order valence-electron chi connectivity index (χ0n) is 13.8. The van der Waals surface area contributed by atoms with E-state index in [9.17, 15) is 9.59 Å². The lowest BCUT2D eigenvalue weighted by Gasteiger charge is -2.06. The molecule has 0 unspecified atom stereocenters. The molecule has 0 spiro atoms. The predicted molar refractivity (Wildman–Crippen MR) is 93.7 cm³/mol. The average Bonchev–Trinajstić information content (AvgIpc) is 3.06. The van der Waals surface area contributed by atoms with Crippen LogP contribution in [0.2, 0.25) is 5.02 Å². The van der Waals surface area contributed by atoms with Crippen LogP contribution in [0.15, 0.2) is 59.1 Å². The van der Waals surface area contributed by atoms with E-state index in [0.717, 1.165) is 0 Å². The molecule has 132 valence electrons. The molecule has 0 fully saturated rings. The molecule has 2 aromatic carbocycles. The number of rotatable bonds is 6. The lowest BCUT2D eigenvalue weighted by atomic mass is 10.0. The van der Waals surface area contributed by atoms with Crippen LogP contribution >= 0.6 is 11.6 Å². The molecule has 3 aromatic rings. The second-order valence-electron chi connectivity index (χ2n) is 5.40. The summed E-state index contributed by atoms with van der Waals surface area (Å²) in [5.74, 6) is 0.354. The second-order valence-corrected chi connectivity index (χ2v) is 5.84. The molecule has 0 N–H and O–H groups in total. The number of hydrogen-bond acceptors (Lipinski definition) is 6. The van der Waals surface area contributed by atoms with Crippen molar-refractivity contribution in [3.8, 4) is 11.6 Å². The van der Waals surface area contributed by atoms with Gasteiger partial charge in [0.25, 0.3) is 5.88 Å². The number of esters is 1. The summed E-state index contributed by atoms with van der Waals surface area (Å²) in [6, 6.07) is 14.4. The van der Waals surface area contributed by atoms with Crippen LogP contribution in [0.1, 0.15) is 21.7 Å². The SMILES string of the molecule is Cc1cc(OCC(=O)Oc2ccc(C(=O)c3ccc(Cl)cc3)cc2)no1.